The van der Waals surface area contributed by atoms with Gasteiger partial charge < -0.3 is 19.2 Å². The number of amides is 1. The lowest BCUT2D eigenvalue weighted by molar-refractivity contribution is -0.111. The minimum absolute atomic E-state index is 0.133. The molecule has 0 aliphatic heterocycles. The topological polar surface area (TPSA) is 79.2 Å². The van der Waals surface area contributed by atoms with E-state index in [0.717, 1.165) is 41.1 Å². The van der Waals surface area contributed by atoms with Gasteiger partial charge in [-0.1, -0.05) is 37.3 Å². The molecule has 3 aromatic carbocycles. The lowest BCUT2D eigenvalue weighted by atomic mass is 10.0. The molecule has 1 N–H and O–H groups in total. The van der Waals surface area contributed by atoms with Crippen LogP contribution in [0.5, 0.6) is 5.75 Å². The van der Waals surface area contributed by atoms with E-state index in [-0.39, 0.29) is 12.0 Å². The van der Waals surface area contributed by atoms with Gasteiger partial charge in [-0.3, -0.25) is 4.79 Å². The van der Waals surface area contributed by atoms with Gasteiger partial charge in [0.2, 0.25) is 5.91 Å². The van der Waals surface area contributed by atoms with Crippen molar-refractivity contribution in [1.29, 1.82) is 0 Å². The van der Waals surface area contributed by atoms with E-state index in [9.17, 15) is 9.35 Å². The monoisotopic (exact) mass is 527 g/mol. The number of carbonyl (C=O) groups is 1. The first-order valence-corrected chi connectivity index (χ1v) is 14.1. The average Bonchev–Trinajstić information content (AvgIpc) is 3.35. The molecular weight excluding hydrogens is 494 g/mol. The van der Waals surface area contributed by atoms with Gasteiger partial charge in [0.15, 0.2) is 10.6 Å². The predicted octanol–water partition coefficient (Wildman–Crippen LogP) is 6.71. The number of rotatable bonds is 11. The molecule has 1 unspecified atom stereocenters. The Bertz CT molecular complexity index is 1360. The Morgan fingerprint density at radius 2 is 1.84 bits per heavy atom. The molecule has 1 aromatic heterocycles. The van der Waals surface area contributed by atoms with E-state index in [1.807, 2.05) is 66.9 Å². The number of hydrogen-bond donors (Lipinski definition) is 1. The highest BCUT2D eigenvalue weighted by atomic mass is 32.2. The molecule has 1 heterocycles. The number of imidazole rings is 1. The van der Waals surface area contributed by atoms with Crippen LogP contribution in [-0.4, -0.2) is 26.1 Å². The molecule has 0 spiro atoms. The number of hydrogen-bond acceptors (Lipinski definition) is 4. The van der Waals surface area contributed by atoms with Crippen molar-refractivity contribution in [2.24, 2.45) is 0 Å². The maximum atomic E-state index is 12.8. The minimum Gasteiger partial charge on any atom is -0.611 e. The molecule has 0 saturated carbocycles. The summed E-state index contributed by atoms with van der Waals surface area (Å²) in [4.78, 5) is 17.4. The fourth-order valence-corrected chi connectivity index (χ4v) is 5.11. The molecule has 6 nitrogen and oxygen atoms in total. The van der Waals surface area contributed by atoms with Crippen molar-refractivity contribution in [2.75, 3.05) is 5.32 Å². The molecule has 38 heavy (non-hydrogen) atoms. The van der Waals surface area contributed by atoms with E-state index in [1.165, 1.54) is 6.08 Å². The molecule has 1 atom stereocenters. The van der Waals surface area contributed by atoms with Crippen molar-refractivity contribution >= 4 is 28.8 Å². The summed E-state index contributed by atoms with van der Waals surface area (Å²) in [6.45, 7) is 6.97. The maximum Gasteiger partial charge on any atom is 0.248 e. The van der Waals surface area contributed by atoms with Gasteiger partial charge in [0.05, 0.1) is 24.3 Å². The van der Waals surface area contributed by atoms with Crippen LogP contribution in [0.15, 0.2) is 96.3 Å². The highest BCUT2D eigenvalue weighted by molar-refractivity contribution is 7.90. The molecule has 1 amide bonds. The summed E-state index contributed by atoms with van der Waals surface area (Å²) in [5.74, 6) is 1.02. The fraction of sp³-hybridized carbons (Fsp3) is 0.226. The summed E-state index contributed by atoms with van der Waals surface area (Å²) in [5.41, 5.74) is 4.66. The van der Waals surface area contributed by atoms with Gasteiger partial charge >= 0.3 is 0 Å². The molecule has 4 rings (SSSR count). The van der Waals surface area contributed by atoms with Crippen LogP contribution in [0, 0.1) is 0 Å². The summed E-state index contributed by atoms with van der Waals surface area (Å²) >= 11 is -1.19. The number of nitrogens with zero attached hydrogens (tertiary/aromatic N) is 2. The number of aromatic nitrogens is 2. The summed E-state index contributed by atoms with van der Waals surface area (Å²) in [6.07, 6.45) is 7.97. The first kappa shape index (κ1) is 27.2. The Kier molecular flexibility index (Phi) is 9.40. The molecule has 4 aromatic rings. The Morgan fingerprint density at radius 1 is 1.08 bits per heavy atom. The van der Waals surface area contributed by atoms with Gasteiger partial charge in [-0.2, -0.15) is 0 Å². The number of carbonyl (C=O) groups excluding carboxylic acids is 1. The second-order valence-corrected chi connectivity index (χ2v) is 10.7. The van der Waals surface area contributed by atoms with Gasteiger partial charge in [-0.05, 0) is 96.7 Å². The smallest absolute Gasteiger partial charge is 0.248 e. The molecule has 196 valence electrons. The number of benzene rings is 3. The lowest BCUT2D eigenvalue weighted by Gasteiger charge is -2.12. The zero-order chi connectivity index (χ0) is 26.9. The number of nitrogens with one attached hydrogen (secondary N) is 1. The molecule has 0 fully saturated rings. The molecular formula is C31H33N3O3S. The standard InChI is InChI=1S/C31H33N3O3S/c1-4-18-34-22-32-20-28(34)21-38(36)30-15-11-27(12-16-30)33-31(35)17-8-24-6-5-7-26(19-24)25-9-13-29(14-10-25)37-23(2)3/h5-17,19-20,22-23H,4,18,21H2,1-3H3,(H,33,35)/b17-8+. The summed E-state index contributed by atoms with van der Waals surface area (Å²) < 4.78 is 20.6. The predicted molar refractivity (Wildman–Crippen MR) is 154 cm³/mol. The highest BCUT2D eigenvalue weighted by Gasteiger charge is 2.15. The molecule has 0 bridgehead atoms. The third-order valence-electron chi connectivity index (χ3n) is 5.80. The Balaban J connectivity index is 1.34. The molecule has 7 heteroatoms. The summed E-state index contributed by atoms with van der Waals surface area (Å²) in [5, 5.41) is 2.87. The van der Waals surface area contributed by atoms with Crippen LogP contribution in [0.3, 0.4) is 0 Å². The van der Waals surface area contributed by atoms with E-state index in [4.69, 9.17) is 4.74 Å². The van der Waals surface area contributed by atoms with E-state index in [0.29, 0.717) is 16.3 Å². The Morgan fingerprint density at radius 3 is 2.55 bits per heavy atom. The van der Waals surface area contributed by atoms with Crippen LogP contribution >= 0.6 is 0 Å². The largest absolute Gasteiger partial charge is 0.611 e. The van der Waals surface area contributed by atoms with Crippen LogP contribution < -0.4 is 10.1 Å². The number of anilines is 1. The van der Waals surface area contributed by atoms with E-state index in [1.54, 1.807) is 42.9 Å². The quantitative estimate of drug-likeness (QED) is 0.174. The summed E-state index contributed by atoms with van der Waals surface area (Å²) in [7, 11) is 0. The maximum absolute atomic E-state index is 12.8. The minimum atomic E-state index is -1.19. The average molecular weight is 528 g/mol. The Labute approximate surface area is 227 Å². The van der Waals surface area contributed by atoms with E-state index < -0.39 is 11.2 Å². The van der Waals surface area contributed by atoms with Gasteiger partial charge in [0, 0.05) is 18.3 Å². The molecule has 0 radical (unpaired) electrons. The van der Waals surface area contributed by atoms with Crippen molar-refractivity contribution in [3.63, 3.8) is 0 Å². The zero-order valence-electron chi connectivity index (χ0n) is 22.0. The van der Waals surface area contributed by atoms with Gasteiger partial charge in [0.1, 0.15) is 5.75 Å². The second kappa shape index (κ2) is 13.1. The first-order chi connectivity index (χ1) is 18.4. The Hall–Kier alpha value is -3.81. The van der Waals surface area contributed by atoms with Crippen LogP contribution in [0.1, 0.15) is 38.4 Å². The SMILES string of the molecule is CCCn1cncc1C[S+]([O-])c1ccc(NC(=O)/C=C/c2cccc(-c3ccc(OC(C)C)cc3)c2)cc1. The van der Waals surface area contributed by atoms with Crippen LogP contribution in [0.25, 0.3) is 17.2 Å². The van der Waals surface area contributed by atoms with Crippen molar-refractivity contribution in [1.82, 2.24) is 9.55 Å². The second-order valence-electron chi connectivity index (χ2n) is 9.23. The number of aryl methyl sites for hydroxylation is 1. The highest BCUT2D eigenvalue weighted by Crippen LogP contribution is 2.24. The van der Waals surface area contributed by atoms with E-state index >= 15 is 0 Å². The number of ether oxygens (including phenoxy) is 1. The van der Waals surface area contributed by atoms with Crippen LogP contribution in [0.4, 0.5) is 5.69 Å². The van der Waals surface area contributed by atoms with Crippen molar-refractivity contribution in [3.05, 3.63) is 103 Å². The summed E-state index contributed by atoms with van der Waals surface area (Å²) in [6, 6.07) is 23.1. The third-order valence-corrected chi connectivity index (χ3v) is 7.16. The first-order valence-electron chi connectivity index (χ1n) is 12.7. The van der Waals surface area contributed by atoms with Gasteiger partial charge in [-0.15, -0.1) is 0 Å². The van der Waals surface area contributed by atoms with Gasteiger partial charge in [0.25, 0.3) is 0 Å². The molecule has 0 aliphatic rings. The van der Waals surface area contributed by atoms with Crippen LogP contribution in [0.2, 0.25) is 0 Å². The van der Waals surface area contributed by atoms with Crippen molar-refractivity contribution < 1.29 is 14.1 Å². The molecule has 0 saturated heterocycles. The normalized spacial score (nSPS) is 12.1. The third kappa shape index (κ3) is 7.60. The lowest BCUT2D eigenvalue weighted by Crippen LogP contribution is -2.11. The van der Waals surface area contributed by atoms with Crippen molar-refractivity contribution in [2.45, 2.75) is 50.5 Å². The van der Waals surface area contributed by atoms with E-state index in [2.05, 4.69) is 17.2 Å². The zero-order valence-corrected chi connectivity index (χ0v) is 22.8. The van der Waals surface area contributed by atoms with Crippen molar-refractivity contribution in [3.8, 4) is 16.9 Å². The fourth-order valence-electron chi connectivity index (χ4n) is 3.99. The van der Waals surface area contributed by atoms with Crippen LogP contribution in [-0.2, 0) is 28.3 Å². The molecule has 0 aliphatic carbocycles. The van der Waals surface area contributed by atoms with Gasteiger partial charge in [-0.25, -0.2) is 4.98 Å².